The number of carbonyl (C=O) groups is 2. The molecule has 1 aliphatic carbocycles. The fourth-order valence-electron chi connectivity index (χ4n) is 3.28. The molecule has 1 aliphatic rings. The van der Waals surface area contributed by atoms with Crippen molar-refractivity contribution in [2.24, 2.45) is 0 Å². The van der Waals surface area contributed by atoms with Crippen LogP contribution in [0.15, 0.2) is 48.5 Å². The monoisotopic (exact) mass is 337 g/mol. The van der Waals surface area contributed by atoms with Gasteiger partial charge in [-0.05, 0) is 56.5 Å². The van der Waals surface area contributed by atoms with Gasteiger partial charge >= 0.3 is 5.97 Å². The fourth-order valence-corrected chi connectivity index (χ4v) is 3.28. The van der Waals surface area contributed by atoms with Gasteiger partial charge in [0.05, 0.1) is 5.56 Å². The number of hydrogen-bond acceptors (Lipinski definition) is 4. The van der Waals surface area contributed by atoms with Gasteiger partial charge in [-0.2, -0.15) is 0 Å². The molecule has 3 rings (SSSR count). The van der Waals surface area contributed by atoms with Crippen LogP contribution in [0.4, 0.5) is 5.69 Å². The topological polar surface area (TPSA) is 46.6 Å². The highest BCUT2D eigenvalue weighted by Gasteiger charge is 2.30. The van der Waals surface area contributed by atoms with Gasteiger partial charge in [0.1, 0.15) is 0 Å². The van der Waals surface area contributed by atoms with E-state index < -0.39 is 12.1 Å². The highest BCUT2D eigenvalue weighted by molar-refractivity contribution is 6.03. The lowest BCUT2D eigenvalue weighted by Crippen LogP contribution is -2.32. The highest BCUT2D eigenvalue weighted by atomic mass is 16.5. The first-order valence-corrected chi connectivity index (χ1v) is 8.82. The molecular formula is C21H23NO3. The van der Waals surface area contributed by atoms with Gasteiger partial charge in [-0.15, -0.1) is 0 Å². The Kier molecular flexibility index (Phi) is 5.17. The molecule has 2 aromatic carbocycles. The van der Waals surface area contributed by atoms with Crippen LogP contribution in [0.1, 0.15) is 46.5 Å². The molecule has 0 aliphatic heterocycles. The average Bonchev–Trinajstić information content (AvgIpc) is 2.66. The molecular weight excluding hydrogens is 314 g/mol. The van der Waals surface area contributed by atoms with E-state index in [1.807, 2.05) is 30.3 Å². The van der Waals surface area contributed by atoms with Crippen molar-refractivity contribution in [3.05, 3.63) is 65.2 Å². The second-order valence-corrected chi connectivity index (χ2v) is 6.17. The van der Waals surface area contributed by atoms with Gasteiger partial charge in [0, 0.05) is 24.3 Å². The number of ketones is 1. The predicted molar refractivity (Wildman–Crippen MR) is 98.3 cm³/mol. The summed E-state index contributed by atoms with van der Waals surface area (Å²) in [5, 5.41) is 0. The summed E-state index contributed by atoms with van der Waals surface area (Å²) in [4.78, 5) is 27.1. The molecule has 0 unspecified atom stereocenters. The van der Waals surface area contributed by atoms with E-state index in [-0.39, 0.29) is 5.78 Å². The lowest BCUT2D eigenvalue weighted by atomic mass is 9.89. The van der Waals surface area contributed by atoms with E-state index in [4.69, 9.17) is 4.74 Å². The zero-order valence-corrected chi connectivity index (χ0v) is 14.7. The van der Waals surface area contributed by atoms with E-state index in [1.54, 1.807) is 18.2 Å². The van der Waals surface area contributed by atoms with Gasteiger partial charge in [-0.3, -0.25) is 4.79 Å². The van der Waals surface area contributed by atoms with Crippen molar-refractivity contribution in [3.8, 4) is 0 Å². The number of fused-ring (bicyclic) bond motifs is 1. The fraction of sp³-hybridized carbons (Fsp3) is 0.333. The molecule has 0 saturated carbocycles. The largest absolute Gasteiger partial charge is 0.450 e. The predicted octanol–water partition coefficient (Wildman–Crippen LogP) is 3.89. The number of esters is 1. The van der Waals surface area contributed by atoms with Crippen LogP contribution >= 0.6 is 0 Å². The summed E-state index contributed by atoms with van der Waals surface area (Å²) in [5.74, 6) is -0.543. The molecule has 1 atom stereocenters. The maximum Gasteiger partial charge on any atom is 0.338 e. The molecule has 0 saturated heterocycles. The standard InChI is InChI=1S/C21H23NO3/c1-3-22(4-2)17-12-9-16(10-13-17)21(24)25-19-14-11-15-7-5-6-8-18(15)20(19)23/h5-10,12-13,19H,3-4,11,14H2,1-2H3/t19-/m1/s1. The third-order valence-corrected chi connectivity index (χ3v) is 4.73. The Morgan fingerprint density at radius 1 is 1.08 bits per heavy atom. The first kappa shape index (κ1) is 17.2. The molecule has 0 spiro atoms. The number of nitrogens with zero attached hydrogens (tertiary/aromatic N) is 1. The Labute approximate surface area is 148 Å². The molecule has 4 nitrogen and oxygen atoms in total. The third-order valence-electron chi connectivity index (χ3n) is 4.73. The maximum absolute atomic E-state index is 12.5. The van der Waals surface area contributed by atoms with Crippen molar-refractivity contribution in [3.63, 3.8) is 0 Å². The maximum atomic E-state index is 12.5. The van der Waals surface area contributed by atoms with Gasteiger partial charge in [-0.1, -0.05) is 24.3 Å². The number of anilines is 1. The molecule has 130 valence electrons. The number of carbonyl (C=O) groups excluding carboxylic acids is 2. The number of ether oxygens (including phenoxy) is 1. The van der Waals surface area contributed by atoms with E-state index in [0.29, 0.717) is 17.5 Å². The van der Waals surface area contributed by atoms with E-state index in [9.17, 15) is 9.59 Å². The van der Waals surface area contributed by atoms with E-state index in [2.05, 4.69) is 18.7 Å². The second-order valence-electron chi connectivity index (χ2n) is 6.17. The summed E-state index contributed by atoms with van der Waals surface area (Å²) in [5.41, 5.74) is 3.25. The first-order chi connectivity index (χ1) is 12.1. The Morgan fingerprint density at radius 3 is 2.44 bits per heavy atom. The third kappa shape index (κ3) is 3.58. The van der Waals surface area contributed by atoms with Crippen LogP contribution in [0.25, 0.3) is 0 Å². The smallest absolute Gasteiger partial charge is 0.338 e. The zero-order valence-electron chi connectivity index (χ0n) is 14.7. The van der Waals surface area contributed by atoms with Gasteiger partial charge in [-0.25, -0.2) is 4.79 Å². The number of benzene rings is 2. The van der Waals surface area contributed by atoms with Crippen molar-refractivity contribution < 1.29 is 14.3 Å². The number of aryl methyl sites for hydroxylation is 1. The average molecular weight is 337 g/mol. The lowest BCUT2D eigenvalue weighted by molar-refractivity contribution is 0.0257. The molecule has 25 heavy (non-hydrogen) atoms. The van der Waals surface area contributed by atoms with Gasteiger partial charge in [0.2, 0.25) is 5.78 Å². The SMILES string of the molecule is CCN(CC)c1ccc(C(=O)O[C@@H]2CCc3ccccc3C2=O)cc1. The first-order valence-electron chi connectivity index (χ1n) is 8.82. The number of Topliss-reactive ketones (excluding diaryl/α,β-unsaturated/α-hetero) is 1. The van der Waals surface area contributed by atoms with Crippen molar-refractivity contribution in [2.45, 2.75) is 32.8 Å². The second kappa shape index (κ2) is 7.51. The van der Waals surface area contributed by atoms with Crippen LogP contribution in [-0.2, 0) is 11.2 Å². The minimum atomic E-state index is -0.690. The van der Waals surface area contributed by atoms with Crippen LogP contribution in [0.3, 0.4) is 0 Å². The minimum absolute atomic E-state index is 0.102. The molecule has 2 aromatic rings. The Morgan fingerprint density at radius 2 is 1.76 bits per heavy atom. The molecule has 0 radical (unpaired) electrons. The van der Waals surface area contributed by atoms with Gasteiger partial charge < -0.3 is 9.64 Å². The summed E-state index contributed by atoms with van der Waals surface area (Å²) < 4.78 is 5.50. The van der Waals surface area contributed by atoms with Crippen molar-refractivity contribution >= 4 is 17.4 Å². The van der Waals surface area contributed by atoms with Crippen LogP contribution in [0, 0.1) is 0 Å². The van der Waals surface area contributed by atoms with Gasteiger partial charge in [0.15, 0.2) is 6.10 Å². The number of hydrogen-bond donors (Lipinski definition) is 0. The van der Waals surface area contributed by atoms with Crippen molar-refractivity contribution in [2.75, 3.05) is 18.0 Å². The van der Waals surface area contributed by atoms with Crippen LogP contribution in [0.5, 0.6) is 0 Å². The van der Waals surface area contributed by atoms with Crippen LogP contribution < -0.4 is 4.90 Å². The Bertz CT molecular complexity index is 763. The summed E-state index contributed by atoms with van der Waals surface area (Å²) >= 11 is 0. The normalized spacial score (nSPS) is 16.2. The lowest BCUT2D eigenvalue weighted by Gasteiger charge is -2.23. The summed E-state index contributed by atoms with van der Waals surface area (Å²) in [7, 11) is 0. The molecule has 0 bridgehead atoms. The molecule has 0 N–H and O–H groups in total. The van der Waals surface area contributed by atoms with Crippen molar-refractivity contribution in [1.82, 2.24) is 0 Å². The summed E-state index contributed by atoms with van der Waals surface area (Å²) in [6.07, 6.45) is 0.602. The van der Waals surface area contributed by atoms with Crippen LogP contribution in [-0.4, -0.2) is 30.9 Å². The van der Waals surface area contributed by atoms with Crippen molar-refractivity contribution in [1.29, 1.82) is 0 Å². The van der Waals surface area contributed by atoms with Crippen LogP contribution in [0.2, 0.25) is 0 Å². The van der Waals surface area contributed by atoms with E-state index in [1.165, 1.54) is 0 Å². The Hall–Kier alpha value is -2.62. The van der Waals surface area contributed by atoms with E-state index in [0.717, 1.165) is 30.8 Å². The summed E-state index contributed by atoms with van der Waals surface area (Å²) in [6, 6.07) is 14.9. The van der Waals surface area contributed by atoms with Gasteiger partial charge in [0.25, 0.3) is 0 Å². The molecule has 0 heterocycles. The minimum Gasteiger partial charge on any atom is -0.450 e. The quantitative estimate of drug-likeness (QED) is 0.777. The molecule has 0 aromatic heterocycles. The summed E-state index contributed by atoms with van der Waals surface area (Å²) in [6.45, 7) is 6.02. The highest BCUT2D eigenvalue weighted by Crippen LogP contribution is 2.24. The molecule has 4 heteroatoms. The molecule has 0 amide bonds. The Balaban J connectivity index is 1.70. The zero-order chi connectivity index (χ0) is 17.8. The number of rotatable bonds is 5. The molecule has 0 fully saturated rings. The van der Waals surface area contributed by atoms with E-state index >= 15 is 0 Å².